The van der Waals surface area contributed by atoms with Crippen molar-refractivity contribution in [3.8, 4) is 5.75 Å². The molecule has 3 N–H and O–H groups in total. The first-order valence-corrected chi connectivity index (χ1v) is 12.1. The number of nitrogens with two attached hydrogens (primary N) is 1. The van der Waals surface area contributed by atoms with Crippen LogP contribution in [0.2, 0.25) is 0 Å². The molecule has 12 heteroatoms. The van der Waals surface area contributed by atoms with Crippen LogP contribution in [0.15, 0.2) is 77.2 Å². The van der Waals surface area contributed by atoms with Gasteiger partial charge in [-0.3, -0.25) is 9.59 Å². The Hall–Kier alpha value is -4.58. The van der Waals surface area contributed by atoms with Crippen molar-refractivity contribution in [2.45, 2.75) is 31.5 Å². The number of carbonyl (C=O) groups excluding carboxylic acids is 2. The minimum Gasteiger partial charge on any atom is -0.497 e. The predicted molar refractivity (Wildman–Crippen MR) is 135 cm³/mol. The zero-order valence-electron chi connectivity index (χ0n) is 20.7. The Kier molecular flexibility index (Phi) is 7.13. The summed E-state index contributed by atoms with van der Waals surface area (Å²) in [5.74, 6) is 0.770. The van der Waals surface area contributed by atoms with E-state index in [1.165, 1.54) is 35.3 Å². The van der Waals surface area contributed by atoms with Crippen LogP contribution in [0.4, 0.5) is 4.79 Å². The van der Waals surface area contributed by atoms with Crippen molar-refractivity contribution in [1.29, 1.82) is 0 Å². The second kappa shape index (κ2) is 10.8. The van der Waals surface area contributed by atoms with E-state index in [1.807, 2.05) is 12.2 Å². The van der Waals surface area contributed by atoms with Crippen molar-refractivity contribution >= 4 is 23.0 Å². The number of allylic oxidation sites excluding steroid dienone is 4. The van der Waals surface area contributed by atoms with Gasteiger partial charge in [-0.05, 0) is 30.5 Å². The first-order valence-electron chi connectivity index (χ1n) is 12.1. The zero-order valence-corrected chi connectivity index (χ0v) is 20.7. The Balaban J connectivity index is 1.17. The summed E-state index contributed by atoms with van der Waals surface area (Å²) in [5, 5.41) is 2.70. The van der Waals surface area contributed by atoms with Gasteiger partial charge in [0.15, 0.2) is 12.0 Å². The summed E-state index contributed by atoms with van der Waals surface area (Å²) in [6, 6.07) is 4.06. The molecule has 2 amide bonds. The molecule has 3 heterocycles. The molecular weight excluding hydrogens is 494 g/mol. The van der Waals surface area contributed by atoms with Gasteiger partial charge in [0.25, 0.3) is 5.56 Å². The van der Waals surface area contributed by atoms with E-state index in [0.717, 1.165) is 18.4 Å². The van der Waals surface area contributed by atoms with Gasteiger partial charge in [-0.25, -0.2) is 14.7 Å². The number of aromatic nitrogens is 2. The van der Waals surface area contributed by atoms with Crippen molar-refractivity contribution < 1.29 is 28.5 Å². The molecule has 1 saturated heterocycles. The molecule has 0 saturated carbocycles. The van der Waals surface area contributed by atoms with Crippen LogP contribution < -0.4 is 21.3 Å². The topological polar surface area (TPSA) is 147 Å². The lowest BCUT2D eigenvalue weighted by Crippen LogP contribution is -2.47. The fourth-order valence-corrected chi connectivity index (χ4v) is 4.27. The van der Waals surface area contributed by atoms with Gasteiger partial charge in [0.2, 0.25) is 11.8 Å². The van der Waals surface area contributed by atoms with E-state index < -0.39 is 29.7 Å². The highest BCUT2D eigenvalue weighted by molar-refractivity contribution is 5.82. The third kappa shape index (κ3) is 5.25. The van der Waals surface area contributed by atoms with E-state index in [4.69, 9.17) is 24.7 Å². The normalized spacial score (nSPS) is 19.5. The van der Waals surface area contributed by atoms with Crippen LogP contribution in [0.1, 0.15) is 12.8 Å². The molecule has 0 spiro atoms. The third-order valence-electron chi connectivity index (χ3n) is 6.30. The first-order chi connectivity index (χ1) is 18.4. The van der Waals surface area contributed by atoms with Crippen LogP contribution >= 0.6 is 0 Å². The number of nitrogens with one attached hydrogen (secondary N) is 1. The van der Waals surface area contributed by atoms with Crippen molar-refractivity contribution in [3.05, 3.63) is 82.7 Å². The maximum atomic E-state index is 12.7. The van der Waals surface area contributed by atoms with Crippen LogP contribution in [-0.4, -0.2) is 58.8 Å². The number of cyclic esters (lactones) is 1. The van der Waals surface area contributed by atoms with Crippen LogP contribution in [0.25, 0.3) is 11.0 Å². The lowest BCUT2D eigenvalue weighted by Gasteiger charge is -2.23. The number of methoxy groups -OCH3 is 1. The van der Waals surface area contributed by atoms with E-state index in [9.17, 15) is 14.4 Å². The summed E-state index contributed by atoms with van der Waals surface area (Å²) in [5.41, 5.74) is 7.74. The lowest BCUT2D eigenvalue weighted by atomic mass is 10.0. The second-order valence-corrected chi connectivity index (χ2v) is 8.86. The molecule has 3 aliphatic rings. The fourth-order valence-electron chi connectivity index (χ4n) is 4.27. The number of benzene rings is 1. The van der Waals surface area contributed by atoms with Gasteiger partial charge in [0.05, 0.1) is 44.0 Å². The predicted octanol–water partition coefficient (Wildman–Crippen LogP) is 1.63. The summed E-state index contributed by atoms with van der Waals surface area (Å²) in [7, 11) is 1.52. The number of carbonyl (C=O) groups is 2. The van der Waals surface area contributed by atoms with Gasteiger partial charge in [-0.2, -0.15) is 0 Å². The molecule has 0 unspecified atom stereocenters. The molecule has 12 nitrogen and oxygen atoms in total. The highest BCUT2D eigenvalue weighted by atomic mass is 16.6. The van der Waals surface area contributed by atoms with Crippen molar-refractivity contribution in [3.63, 3.8) is 0 Å². The molecular formula is C26H27N5O7. The smallest absolute Gasteiger partial charge is 0.417 e. The second-order valence-electron chi connectivity index (χ2n) is 8.86. The maximum absolute atomic E-state index is 12.7. The Morgan fingerprint density at radius 3 is 2.97 bits per heavy atom. The van der Waals surface area contributed by atoms with Crippen molar-refractivity contribution in [2.24, 2.45) is 5.73 Å². The van der Waals surface area contributed by atoms with E-state index in [1.54, 1.807) is 18.2 Å². The first kappa shape index (κ1) is 25.1. The van der Waals surface area contributed by atoms with Crippen LogP contribution in [-0.2, 0) is 25.5 Å². The molecule has 1 aromatic heterocycles. The summed E-state index contributed by atoms with van der Waals surface area (Å²) in [4.78, 5) is 43.1. The van der Waals surface area contributed by atoms with E-state index in [2.05, 4.69) is 16.4 Å². The van der Waals surface area contributed by atoms with E-state index in [0.29, 0.717) is 22.5 Å². The van der Waals surface area contributed by atoms with E-state index >= 15 is 0 Å². The molecule has 2 aromatic rings. The standard InChI is InChI=1S/C26H27N5O7/c1-35-17-7-8-20-21(9-17)30(23(32)11-28-20)13-19(27)25(33)29-10-18-12-31(26(34)37-18)24-15-36-14-22(38-24)16-5-3-2-4-6-16/h2-3,5,7-9,11,14-15,18-19H,4,6,10,12-13,27H2,1H3,(H,29,33)/t18-,19-/m1/s1. The number of fused-ring (bicyclic) bond motifs is 1. The number of amides is 2. The minimum absolute atomic E-state index is 0.0291. The van der Waals surface area contributed by atoms with Gasteiger partial charge >= 0.3 is 6.09 Å². The molecule has 1 aromatic carbocycles. The number of hydrogen-bond acceptors (Lipinski definition) is 9. The summed E-state index contributed by atoms with van der Waals surface area (Å²) >= 11 is 0. The van der Waals surface area contributed by atoms with Gasteiger partial charge < -0.3 is 34.6 Å². The summed E-state index contributed by atoms with van der Waals surface area (Å²) < 4.78 is 23.3. The van der Waals surface area contributed by atoms with Crippen LogP contribution in [0.3, 0.4) is 0 Å². The van der Waals surface area contributed by atoms with Crippen molar-refractivity contribution in [1.82, 2.24) is 19.8 Å². The number of nitrogens with zero attached hydrogens (tertiary/aromatic N) is 3. The summed E-state index contributed by atoms with van der Waals surface area (Å²) in [6.07, 6.45) is 10.4. The van der Waals surface area contributed by atoms with Gasteiger partial charge in [-0.15, -0.1) is 0 Å². The Bertz CT molecular complexity index is 1440. The quantitative estimate of drug-likeness (QED) is 0.529. The van der Waals surface area contributed by atoms with E-state index in [-0.39, 0.29) is 25.5 Å². The molecule has 0 bridgehead atoms. The molecule has 1 fully saturated rings. The largest absolute Gasteiger partial charge is 0.497 e. The molecule has 1 aliphatic carbocycles. The Morgan fingerprint density at radius 2 is 2.18 bits per heavy atom. The molecule has 2 aliphatic heterocycles. The van der Waals surface area contributed by atoms with Gasteiger partial charge in [-0.1, -0.05) is 18.2 Å². The van der Waals surface area contributed by atoms with Crippen LogP contribution in [0, 0.1) is 0 Å². The maximum Gasteiger partial charge on any atom is 0.417 e. The number of rotatable bonds is 8. The Labute approximate surface area is 217 Å². The fraction of sp³-hybridized carbons (Fsp3) is 0.308. The Morgan fingerprint density at radius 1 is 1.32 bits per heavy atom. The molecule has 0 radical (unpaired) electrons. The number of ether oxygens (including phenoxy) is 4. The summed E-state index contributed by atoms with van der Waals surface area (Å²) in [6.45, 7) is 0.0943. The number of hydrogen-bond donors (Lipinski definition) is 2. The van der Waals surface area contributed by atoms with Crippen LogP contribution in [0.5, 0.6) is 5.75 Å². The van der Waals surface area contributed by atoms with Gasteiger partial charge in [0, 0.05) is 6.07 Å². The molecule has 2 atom stereocenters. The monoisotopic (exact) mass is 521 g/mol. The third-order valence-corrected chi connectivity index (χ3v) is 6.30. The molecule has 198 valence electrons. The molecule has 38 heavy (non-hydrogen) atoms. The highest BCUT2D eigenvalue weighted by Crippen LogP contribution is 2.29. The van der Waals surface area contributed by atoms with Gasteiger partial charge in [0.1, 0.15) is 24.2 Å². The zero-order chi connectivity index (χ0) is 26.6. The van der Waals surface area contributed by atoms with Crippen molar-refractivity contribution in [2.75, 3.05) is 20.2 Å². The minimum atomic E-state index is -1.04. The average molecular weight is 522 g/mol. The average Bonchev–Trinajstić information content (AvgIpc) is 3.33. The SMILES string of the molecule is COc1ccc2ncc(=O)n(C[C@@H](N)C(=O)NC[C@@H]3CN(C4=COC=C(C5=CC=CCC5)O4)C(=O)O3)c2c1. The molecule has 5 rings (SSSR count). The highest BCUT2D eigenvalue weighted by Gasteiger charge is 2.36. The lowest BCUT2D eigenvalue weighted by molar-refractivity contribution is -0.123.